The van der Waals surface area contributed by atoms with Crippen molar-refractivity contribution in [3.63, 3.8) is 0 Å². The third-order valence-corrected chi connectivity index (χ3v) is 6.16. The molecular weight excluding hydrogens is 472 g/mol. The number of aliphatic hydroxyl groups excluding tert-OH is 11. The van der Waals surface area contributed by atoms with Gasteiger partial charge >= 0.3 is 0 Å². The second kappa shape index (κ2) is 11.2. The van der Waals surface area contributed by atoms with E-state index >= 15 is 0 Å². The normalized spacial score (nSPS) is 52.1. The van der Waals surface area contributed by atoms with E-state index in [0.717, 1.165) is 0 Å². The minimum atomic E-state index is -2.36. The molecular formula is C18H32O16. The number of aliphatic hydroxyl groups is 11. The lowest BCUT2D eigenvalue weighted by atomic mass is 9.98. The molecule has 3 rings (SSSR count). The van der Waals surface area contributed by atoms with Crippen molar-refractivity contribution < 1.29 is 79.9 Å². The first-order valence-corrected chi connectivity index (χ1v) is 10.6. The van der Waals surface area contributed by atoms with Crippen LogP contribution < -0.4 is 0 Å². The lowest BCUT2D eigenvalue weighted by Gasteiger charge is -2.44. The van der Waals surface area contributed by atoms with Gasteiger partial charge in [-0.2, -0.15) is 0 Å². The molecule has 0 bridgehead atoms. The van der Waals surface area contributed by atoms with E-state index in [1.54, 1.807) is 0 Å². The molecule has 0 aromatic rings. The first-order valence-electron chi connectivity index (χ1n) is 10.6. The van der Waals surface area contributed by atoms with Crippen molar-refractivity contribution in [3.05, 3.63) is 0 Å². The molecule has 0 aliphatic carbocycles. The second-order valence-electron chi connectivity index (χ2n) is 8.41. The van der Waals surface area contributed by atoms with Crippen LogP contribution >= 0.6 is 0 Å². The van der Waals surface area contributed by atoms with Crippen molar-refractivity contribution in [1.29, 1.82) is 0 Å². The van der Waals surface area contributed by atoms with E-state index in [4.69, 9.17) is 23.7 Å². The highest BCUT2D eigenvalue weighted by Crippen LogP contribution is 2.36. The molecule has 3 saturated heterocycles. The Hall–Kier alpha value is -0.640. The monoisotopic (exact) mass is 504 g/mol. The summed E-state index contributed by atoms with van der Waals surface area (Å²) in [7, 11) is 0. The maximum Gasteiger partial charge on any atom is 0.224 e. The highest BCUT2D eigenvalue weighted by atomic mass is 16.8. The zero-order valence-electron chi connectivity index (χ0n) is 17.8. The summed E-state index contributed by atoms with van der Waals surface area (Å²) in [5.74, 6) is -2.36. The fourth-order valence-corrected chi connectivity index (χ4v) is 4.01. The van der Waals surface area contributed by atoms with Crippen LogP contribution in [0.3, 0.4) is 0 Å². The Balaban J connectivity index is 1.69. The summed E-state index contributed by atoms with van der Waals surface area (Å²) in [6, 6.07) is 0. The summed E-state index contributed by atoms with van der Waals surface area (Å²) in [5.41, 5.74) is 0. The molecule has 0 spiro atoms. The predicted octanol–water partition coefficient (Wildman–Crippen LogP) is -7.57. The highest BCUT2D eigenvalue weighted by Gasteiger charge is 2.58. The molecule has 3 aliphatic rings. The molecule has 200 valence electrons. The average molecular weight is 504 g/mol. The molecule has 0 aromatic heterocycles. The first kappa shape index (κ1) is 27.9. The van der Waals surface area contributed by atoms with Crippen molar-refractivity contribution >= 4 is 0 Å². The number of hydrogen-bond acceptors (Lipinski definition) is 16. The maximum atomic E-state index is 10.3. The van der Waals surface area contributed by atoms with Gasteiger partial charge < -0.3 is 79.9 Å². The van der Waals surface area contributed by atoms with Crippen LogP contribution in [-0.4, -0.2) is 168 Å². The molecule has 0 unspecified atom stereocenters. The summed E-state index contributed by atoms with van der Waals surface area (Å²) >= 11 is 0. The number of hydrogen-bond donors (Lipinski definition) is 11. The van der Waals surface area contributed by atoms with Gasteiger partial charge in [-0.3, -0.25) is 0 Å². The number of rotatable bonds is 8. The maximum absolute atomic E-state index is 10.3. The minimum absolute atomic E-state index is 0.634. The van der Waals surface area contributed by atoms with Crippen LogP contribution in [0.1, 0.15) is 0 Å². The fourth-order valence-electron chi connectivity index (χ4n) is 4.01. The van der Waals surface area contributed by atoms with E-state index in [9.17, 15) is 56.2 Å². The van der Waals surface area contributed by atoms with Crippen LogP contribution in [-0.2, 0) is 23.7 Å². The van der Waals surface area contributed by atoms with Gasteiger partial charge in [0, 0.05) is 0 Å². The summed E-state index contributed by atoms with van der Waals surface area (Å²) in [6.45, 7) is -3.14. The minimum Gasteiger partial charge on any atom is -0.394 e. The Morgan fingerprint density at radius 2 is 1.12 bits per heavy atom. The van der Waals surface area contributed by atoms with Gasteiger partial charge in [-0.05, 0) is 0 Å². The van der Waals surface area contributed by atoms with E-state index < -0.39 is 112 Å². The van der Waals surface area contributed by atoms with Crippen molar-refractivity contribution in [2.45, 2.75) is 85.5 Å². The SMILES string of the molecule is OC[C@@H]1O[C@](CO)(O[C@@H]2O[C@H](CO[C@@H]3O[C@@H](CO)[C@@H](O)[C@H](O)[C@@H]3O)[C@H](O)[C@H](O)[C@@H]2O)[C@H](O)[C@@H]1O. The third-order valence-electron chi connectivity index (χ3n) is 6.16. The summed E-state index contributed by atoms with van der Waals surface area (Å²) in [6.07, 6.45) is -21.8. The van der Waals surface area contributed by atoms with Crippen LogP contribution in [0.2, 0.25) is 0 Å². The van der Waals surface area contributed by atoms with Crippen LogP contribution in [0, 0.1) is 0 Å². The Morgan fingerprint density at radius 3 is 1.65 bits per heavy atom. The van der Waals surface area contributed by atoms with Crippen molar-refractivity contribution in [3.8, 4) is 0 Å². The first-order chi connectivity index (χ1) is 16.0. The molecule has 3 fully saturated rings. The van der Waals surface area contributed by atoms with E-state index in [2.05, 4.69) is 0 Å². The Labute approximate surface area is 192 Å². The molecule has 16 nitrogen and oxygen atoms in total. The van der Waals surface area contributed by atoms with Gasteiger partial charge in [-0.25, -0.2) is 0 Å². The molecule has 16 heteroatoms. The zero-order chi connectivity index (χ0) is 25.4. The van der Waals surface area contributed by atoms with Gasteiger partial charge in [0.15, 0.2) is 12.6 Å². The highest BCUT2D eigenvalue weighted by molar-refractivity contribution is 4.98. The second-order valence-corrected chi connectivity index (χ2v) is 8.41. The largest absolute Gasteiger partial charge is 0.394 e. The smallest absolute Gasteiger partial charge is 0.224 e. The standard InChI is InChI=1S/C18H32O16/c19-1-5-8(22)11(25)13(27)16(31-5)30-3-7-9(23)12(26)14(28)17(32-7)34-18(4-21)15(29)10(24)6(2-20)33-18/h5-17,19-29H,1-4H2/t5-,6-,7+,8+,9-,10+,11-,12-,13-,14-,15+,16+,17-,18+/m0/s1. The fraction of sp³-hybridized carbons (Fsp3) is 1.00. The van der Waals surface area contributed by atoms with Gasteiger partial charge in [-0.1, -0.05) is 0 Å². The Bertz CT molecular complexity index is 653. The molecule has 0 radical (unpaired) electrons. The van der Waals surface area contributed by atoms with Crippen molar-refractivity contribution in [2.24, 2.45) is 0 Å². The Kier molecular flexibility index (Phi) is 9.18. The topological polar surface area (TPSA) is 269 Å². The van der Waals surface area contributed by atoms with Crippen LogP contribution in [0.15, 0.2) is 0 Å². The molecule has 34 heavy (non-hydrogen) atoms. The quantitative estimate of drug-likeness (QED) is 0.146. The van der Waals surface area contributed by atoms with Gasteiger partial charge in [-0.15, -0.1) is 0 Å². The summed E-state index contributed by atoms with van der Waals surface area (Å²) < 4.78 is 26.4. The van der Waals surface area contributed by atoms with E-state index in [-0.39, 0.29) is 0 Å². The third kappa shape index (κ3) is 5.09. The van der Waals surface area contributed by atoms with E-state index in [1.807, 2.05) is 0 Å². The summed E-state index contributed by atoms with van der Waals surface area (Å²) in [4.78, 5) is 0. The number of ether oxygens (including phenoxy) is 5. The molecule has 3 aliphatic heterocycles. The lowest BCUT2D eigenvalue weighted by molar-refractivity contribution is -0.388. The van der Waals surface area contributed by atoms with Crippen LogP contribution in [0.4, 0.5) is 0 Å². The van der Waals surface area contributed by atoms with Gasteiger partial charge in [0.05, 0.1) is 19.8 Å². The van der Waals surface area contributed by atoms with E-state index in [1.165, 1.54) is 0 Å². The van der Waals surface area contributed by atoms with Gasteiger partial charge in [0.1, 0.15) is 73.8 Å². The van der Waals surface area contributed by atoms with Crippen LogP contribution in [0.25, 0.3) is 0 Å². The molecule has 0 aromatic carbocycles. The van der Waals surface area contributed by atoms with Crippen molar-refractivity contribution in [2.75, 3.05) is 26.4 Å². The zero-order valence-corrected chi connectivity index (χ0v) is 17.8. The average Bonchev–Trinajstić information content (AvgIpc) is 3.08. The lowest BCUT2D eigenvalue weighted by Crippen LogP contribution is -2.63. The predicted molar refractivity (Wildman–Crippen MR) is 101 cm³/mol. The van der Waals surface area contributed by atoms with Gasteiger partial charge in [0.25, 0.3) is 0 Å². The van der Waals surface area contributed by atoms with E-state index in [0.29, 0.717) is 0 Å². The molecule has 11 N–H and O–H groups in total. The Morgan fingerprint density at radius 1 is 0.588 bits per heavy atom. The van der Waals surface area contributed by atoms with Gasteiger partial charge in [0.2, 0.25) is 5.79 Å². The van der Waals surface area contributed by atoms with Crippen LogP contribution in [0.5, 0.6) is 0 Å². The summed E-state index contributed by atoms with van der Waals surface area (Å²) in [5, 5.41) is 109. The molecule has 3 heterocycles. The molecule has 0 saturated carbocycles. The van der Waals surface area contributed by atoms with Crippen molar-refractivity contribution in [1.82, 2.24) is 0 Å². The molecule has 0 amide bonds. The molecule has 14 atom stereocenters.